The summed E-state index contributed by atoms with van der Waals surface area (Å²) >= 11 is 6.22. The van der Waals surface area contributed by atoms with Crippen LogP contribution < -0.4 is 9.64 Å². The molecule has 29 heavy (non-hydrogen) atoms. The Morgan fingerprint density at radius 2 is 1.97 bits per heavy atom. The van der Waals surface area contributed by atoms with E-state index in [4.69, 9.17) is 20.8 Å². The molecule has 1 aliphatic rings. The number of furan rings is 1. The molecule has 4 rings (SSSR count). The van der Waals surface area contributed by atoms with Gasteiger partial charge in [0.05, 0.1) is 24.0 Å². The van der Waals surface area contributed by atoms with Crippen molar-refractivity contribution in [3.05, 3.63) is 83.0 Å². The van der Waals surface area contributed by atoms with E-state index >= 15 is 0 Å². The van der Waals surface area contributed by atoms with Crippen molar-refractivity contribution in [3.8, 4) is 5.75 Å². The van der Waals surface area contributed by atoms with Crippen molar-refractivity contribution in [2.75, 3.05) is 12.0 Å². The summed E-state index contributed by atoms with van der Waals surface area (Å²) in [6, 6.07) is 10.1. The van der Waals surface area contributed by atoms with Gasteiger partial charge in [-0.3, -0.25) is 19.5 Å². The standard InChI is InChI=1S/C21H15ClN2O5/c1-28-15-5-4-13(11-14(15)22)24-18(16-3-2-10-29-16)17(20(26)21(24)27)19(25)12-6-8-23-9-7-12/h2-11,18,25H,1H3/b19-17-. The van der Waals surface area contributed by atoms with Crippen LogP contribution >= 0.6 is 11.6 Å². The largest absolute Gasteiger partial charge is 0.507 e. The number of nitrogens with zero attached hydrogens (tertiary/aromatic N) is 2. The number of methoxy groups -OCH3 is 1. The summed E-state index contributed by atoms with van der Waals surface area (Å²) < 4.78 is 10.6. The summed E-state index contributed by atoms with van der Waals surface area (Å²) in [5.41, 5.74) is 0.651. The molecule has 146 valence electrons. The number of hydrogen-bond donors (Lipinski definition) is 1. The molecule has 1 unspecified atom stereocenters. The molecule has 1 aliphatic heterocycles. The van der Waals surface area contributed by atoms with Gasteiger partial charge in [0, 0.05) is 23.6 Å². The number of aliphatic hydroxyl groups excluding tert-OH is 1. The van der Waals surface area contributed by atoms with Crippen LogP contribution in [-0.4, -0.2) is 28.9 Å². The van der Waals surface area contributed by atoms with Crippen LogP contribution in [0.2, 0.25) is 5.02 Å². The number of pyridine rings is 1. The van der Waals surface area contributed by atoms with Crippen LogP contribution in [0.25, 0.3) is 5.76 Å². The highest BCUT2D eigenvalue weighted by atomic mass is 35.5. The van der Waals surface area contributed by atoms with E-state index in [0.29, 0.717) is 22.8 Å². The van der Waals surface area contributed by atoms with Crippen molar-refractivity contribution in [2.45, 2.75) is 6.04 Å². The lowest BCUT2D eigenvalue weighted by Gasteiger charge is -2.23. The second-order valence-electron chi connectivity index (χ2n) is 6.24. The Hall–Kier alpha value is -3.58. The first-order valence-corrected chi connectivity index (χ1v) is 8.99. The van der Waals surface area contributed by atoms with Crippen LogP contribution in [0.3, 0.4) is 0 Å². The fourth-order valence-corrected chi connectivity index (χ4v) is 3.54. The van der Waals surface area contributed by atoms with Crippen molar-refractivity contribution >= 4 is 34.7 Å². The number of benzene rings is 1. The lowest BCUT2D eigenvalue weighted by atomic mass is 9.99. The number of ether oxygens (including phenoxy) is 1. The number of rotatable bonds is 4. The molecule has 0 aliphatic carbocycles. The van der Waals surface area contributed by atoms with Crippen LogP contribution in [-0.2, 0) is 9.59 Å². The molecule has 0 saturated carbocycles. The first-order chi connectivity index (χ1) is 14.0. The predicted octanol–water partition coefficient (Wildman–Crippen LogP) is 3.96. The maximum atomic E-state index is 12.9. The Labute approximate surface area is 170 Å². The maximum absolute atomic E-state index is 12.9. The Morgan fingerprint density at radius 1 is 1.21 bits per heavy atom. The van der Waals surface area contributed by atoms with Gasteiger partial charge in [0.25, 0.3) is 11.7 Å². The molecule has 0 bridgehead atoms. The third-order valence-electron chi connectivity index (χ3n) is 4.62. The summed E-state index contributed by atoms with van der Waals surface area (Å²) in [5, 5.41) is 11.1. The first-order valence-electron chi connectivity index (χ1n) is 8.61. The summed E-state index contributed by atoms with van der Waals surface area (Å²) in [7, 11) is 1.48. The predicted molar refractivity (Wildman–Crippen MR) is 106 cm³/mol. The fraction of sp³-hybridized carbons (Fsp3) is 0.0952. The Morgan fingerprint density at radius 3 is 2.59 bits per heavy atom. The van der Waals surface area contributed by atoms with Gasteiger partial charge in [0.1, 0.15) is 23.3 Å². The lowest BCUT2D eigenvalue weighted by Crippen LogP contribution is -2.29. The number of ketones is 1. The molecule has 7 nitrogen and oxygen atoms in total. The van der Waals surface area contributed by atoms with Crippen LogP contribution in [0.15, 0.2) is 71.1 Å². The smallest absolute Gasteiger partial charge is 0.300 e. The minimum Gasteiger partial charge on any atom is -0.507 e. The molecule has 1 amide bonds. The second kappa shape index (κ2) is 7.44. The molecule has 1 aromatic carbocycles. The molecule has 1 N–H and O–H groups in total. The van der Waals surface area contributed by atoms with Crippen molar-refractivity contribution in [3.63, 3.8) is 0 Å². The molecule has 0 radical (unpaired) electrons. The van der Waals surface area contributed by atoms with E-state index in [2.05, 4.69) is 4.98 Å². The molecule has 2 aromatic heterocycles. The van der Waals surface area contributed by atoms with E-state index in [-0.39, 0.29) is 16.4 Å². The van der Waals surface area contributed by atoms with Crippen LogP contribution in [0, 0.1) is 0 Å². The number of aliphatic hydroxyl groups is 1. The minimum absolute atomic E-state index is 0.0805. The number of aromatic nitrogens is 1. The molecule has 8 heteroatoms. The third kappa shape index (κ3) is 3.15. The van der Waals surface area contributed by atoms with Gasteiger partial charge < -0.3 is 14.3 Å². The molecule has 0 spiro atoms. The van der Waals surface area contributed by atoms with Gasteiger partial charge in [0.15, 0.2) is 0 Å². The summed E-state index contributed by atoms with van der Waals surface area (Å²) in [5.74, 6) is -1.18. The lowest BCUT2D eigenvalue weighted by molar-refractivity contribution is -0.132. The van der Waals surface area contributed by atoms with E-state index in [1.54, 1.807) is 36.4 Å². The highest BCUT2D eigenvalue weighted by Gasteiger charge is 2.48. The number of halogens is 1. The van der Waals surface area contributed by atoms with Crippen LogP contribution in [0.1, 0.15) is 17.4 Å². The second-order valence-corrected chi connectivity index (χ2v) is 6.65. The SMILES string of the molecule is COc1ccc(N2C(=O)C(=O)/C(=C(\O)c3ccncc3)C2c2ccco2)cc1Cl. The monoisotopic (exact) mass is 410 g/mol. The van der Waals surface area contributed by atoms with Crippen molar-refractivity contribution in [1.29, 1.82) is 0 Å². The van der Waals surface area contributed by atoms with Crippen molar-refractivity contribution in [2.24, 2.45) is 0 Å². The van der Waals surface area contributed by atoms with Crippen LogP contribution in [0.4, 0.5) is 5.69 Å². The summed E-state index contributed by atoms with van der Waals surface area (Å²) in [4.78, 5) is 31.0. The van der Waals surface area contributed by atoms with Gasteiger partial charge in [-0.2, -0.15) is 0 Å². The van der Waals surface area contributed by atoms with Crippen LogP contribution in [0.5, 0.6) is 5.75 Å². The van der Waals surface area contributed by atoms with E-state index in [1.165, 1.54) is 36.7 Å². The highest BCUT2D eigenvalue weighted by molar-refractivity contribution is 6.51. The maximum Gasteiger partial charge on any atom is 0.300 e. The van der Waals surface area contributed by atoms with Gasteiger partial charge in [-0.15, -0.1) is 0 Å². The van der Waals surface area contributed by atoms with E-state index in [0.717, 1.165) is 0 Å². The molecule has 3 aromatic rings. The zero-order chi connectivity index (χ0) is 20.5. The number of carbonyl (C=O) groups excluding carboxylic acids is 2. The number of anilines is 1. The van der Waals surface area contributed by atoms with Gasteiger partial charge >= 0.3 is 0 Å². The fourth-order valence-electron chi connectivity index (χ4n) is 3.29. The molecular weight excluding hydrogens is 396 g/mol. The zero-order valence-corrected chi connectivity index (χ0v) is 16.0. The Bertz CT molecular complexity index is 1110. The van der Waals surface area contributed by atoms with Crippen molar-refractivity contribution in [1.82, 2.24) is 4.98 Å². The molecule has 1 saturated heterocycles. The molecule has 1 fully saturated rings. The Kier molecular flexibility index (Phi) is 4.82. The van der Waals surface area contributed by atoms with Gasteiger partial charge in [-0.1, -0.05) is 11.6 Å². The molecular formula is C21H15ClN2O5. The third-order valence-corrected chi connectivity index (χ3v) is 4.92. The van der Waals surface area contributed by atoms with Gasteiger partial charge in [-0.25, -0.2) is 0 Å². The number of Topliss-reactive ketones (excluding diaryl/α,β-unsaturated/α-hetero) is 1. The van der Waals surface area contributed by atoms with Gasteiger partial charge in [0.2, 0.25) is 0 Å². The quantitative estimate of drug-likeness (QED) is 0.397. The molecule has 1 atom stereocenters. The van der Waals surface area contributed by atoms with E-state index < -0.39 is 17.7 Å². The van der Waals surface area contributed by atoms with E-state index in [9.17, 15) is 14.7 Å². The zero-order valence-electron chi connectivity index (χ0n) is 15.2. The minimum atomic E-state index is -0.956. The highest BCUT2D eigenvalue weighted by Crippen LogP contribution is 2.43. The number of carbonyl (C=O) groups is 2. The summed E-state index contributed by atoms with van der Waals surface area (Å²) in [6.07, 6.45) is 4.40. The number of hydrogen-bond acceptors (Lipinski definition) is 6. The van der Waals surface area contributed by atoms with E-state index in [1.807, 2.05) is 0 Å². The number of amides is 1. The first kappa shape index (κ1) is 18.8. The topological polar surface area (TPSA) is 92.9 Å². The normalized spacial score (nSPS) is 18.3. The Balaban J connectivity index is 1.91. The van der Waals surface area contributed by atoms with Crippen molar-refractivity contribution < 1.29 is 23.8 Å². The summed E-state index contributed by atoms with van der Waals surface area (Å²) in [6.45, 7) is 0. The van der Waals surface area contributed by atoms with Gasteiger partial charge in [-0.05, 0) is 42.5 Å². The average molecular weight is 411 g/mol. The molecule has 3 heterocycles. The average Bonchev–Trinajstić information content (AvgIpc) is 3.35.